The number of rotatable bonds is 4. The van der Waals surface area contributed by atoms with E-state index >= 15 is 0 Å². The van der Waals surface area contributed by atoms with E-state index in [1.165, 1.54) is 36.8 Å². The number of pyridine rings is 1. The largest absolute Gasteiger partial charge is 0.310 e. The number of hydrogen-bond acceptors (Lipinski definition) is 3. The zero-order valence-corrected chi connectivity index (χ0v) is 11.6. The minimum absolute atomic E-state index is 0.707. The van der Waals surface area contributed by atoms with Crippen LogP contribution in [0.3, 0.4) is 0 Å². The Morgan fingerprint density at radius 1 is 1.29 bits per heavy atom. The van der Waals surface area contributed by atoms with Gasteiger partial charge in [-0.15, -0.1) is 0 Å². The van der Waals surface area contributed by atoms with Gasteiger partial charge in [0.15, 0.2) is 0 Å². The van der Waals surface area contributed by atoms with Crippen LogP contribution in [0.25, 0.3) is 0 Å². The summed E-state index contributed by atoms with van der Waals surface area (Å²) in [5.74, 6) is 0. The second kappa shape index (κ2) is 6.41. The van der Waals surface area contributed by atoms with Crippen molar-refractivity contribution >= 4 is 11.8 Å². The predicted molar refractivity (Wildman–Crippen MR) is 75.4 cm³/mol. The molecule has 0 aromatic carbocycles. The minimum Gasteiger partial charge on any atom is -0.310 e. The molecular weight excluding hydrogens is 228 g/mol. The molecule has 2 rings (SSSR count). The number of aromatic nitrogens is 1. The molecule has 0 bridgehead atoms. The third-order valence-electron chi connectivity index (χ3n) is 3.53. The SMILES string of the molecule is CSC1CCC(NCc2cncc(C)c2)CC1. The van der Waals surface area contributed by atoms with Crippen molar-refractivity contribution in [3.05, 3.63) is 29.6 Å². The van der Waals surface area contributed by atoms with Gasteiger partial charge in [-0.2, -0.15) is 11.8 Å². The van der Waals surface area contributed by atoms with Crippen LogP contribution in [0.4, 0.5) is 0 Å². The van der Waals surface area contributed by atoms with E-state index in [1.807, 2.05) is 24.2 Å². The van der Waals surface area contributed by atoms with Gasteiger partial charge in [-0.05, 0) is 50.0 Å². The highest BCUT2D eigenvalue weighted by molar-refractivity contribution is 7.99. The molecule has 94 valence electrons. The summed E-state index contributed by atoms with van der Waals surface area (Å²) >= 11 is 2.03. The summed E-state index contributed by atoms with van der Waals surface area (Å²) in [5, 5.41) is 4.56. The van der Waals surface area contributed by atoms with E-state index in [0.717, 1.165) is 11.8 Å². The van der Waals surface area contributed by atoms with Gasteiger partial charge in [0.2, 0.25) is 0 Å². The fourth-order valence-electron chi connectivity index (χ4n) is 2.48. The Bertz CT molecular complexity index is 346. The molecule has 1 aromatic rings. The molecule has 0 radical (unpaired) electrons. The van der Waals surface area contributed by atoms with Crippen LogP contribution in [-0.4, -0.2) is 22.5 Å². The molecule has 0 aliphatic heterocycles. The Balaban J connectivity index is 1.76. The average Bonchev–Trinajstić information content (AvgIpc) is 2.37. The normalized spacial score (nSPS) is 24.8. The van der Waals surface area contributed by atoms with Crippen LogP contribution in [0.1, 0.15) is 36.8 Å². The quantitative estimate of drug-likeness (QED) is 0.888. The highest BCUT2D eigenvalue weighted by Gasteiger charge is 2.19. The maximum absolute atomic E-state index is 4.23. The van der Waals surface area contributed by atoms with Crippen LogP contribution in [0.15, 0.2) is 18.5 Å². The Kier molecular flexibility index (Phi) is 4.86. The van der Waals surface area contributed by atoms with Crippen LogP contribution in [-0.2, 0) is 6.54 Å². The monoisotopic (exact) mass is 250 g/mol. The van der Waals surface area contributed by atoms with Gasteiger partial charge in [0, 0.05) is 30.2 Å². The highest BCUT2D eigenvalue weighted by atomic mass is 32.2. The van der Waals surface area contributed by atoms with Crippen molar-refractivity contribution < 1.29 is 0 Å². The number of nitrogens with zero attached hydrogens (tertiary/aromatic N) is 1. The third kappa shape index (κ3) is 4.00. The van der Waals surface area contributed by atoms with Crippen LogP contribution >= 0.6 is 11.8 Å². The van der Waals surface area contributed by atoms with E-state index in [2.05, 4.69) is 29.5 Å². The van der Waals surface area contributed by atoms with E-state index in [4.69, 9.17) is 0 Å². The Morgan fingerprint density at radius 3 is 2.71 bits per heavy atom. The predicted octanol–water partition coefficient (Wildman–Crippen LogP) is 3.15. The molecule has 3 heteroatoms. The molecule has 1 aromatic heterocycles. The molecule has 0 amide bonds. The van der Waals surface area contributed by atoms with Gasteiger partial charge in [0.1, 0.15) is 0 Å². The second-order valence-electron chi connectivity index (χ2n) is 4.96. The van der Waals surface area contributed by atoms with Crippen LogP contribution in [0.5, 0.6) is 0 Å². The van der Waals surface area contributed by atoms with Crippen LogP contribution in [0.2, 0.25) is 0 Å². The molecule has 1 aliphatic rings. The number of hydrogen-bond donors (Lipinski definition) is 1. The molecule has 0 spiro atoms. The second-order valence-corrected chi connectivity index (χ2v) is 6.10. The lowest BCUT2D eigenvalue weighted by atomic mass is 9.95. The lowest BCUT2D eigenvalue weighted by molar-refractivity contribution is 0.379. The summed E-state index contributed by atoms with van der Waals surface area (Å²) < 4.78 is 0. The molecule has 1 N–H and O–H groups in total. The zero-order chi connectivity index (χ0) is 12.1. The van der Waals surface area contributed by atoms with Crippen molar-refractivity contribution in [2.24, 2.45) is 0 Å². The maximum atomic E-state index is 4.23. The Labute approximate surface area is 109 Å². The summed E-state index contributed by atoms with van der Waals surface area (Å²) in [6, 6.07) is 2.92. The molecule has 0 atom stereocenters. The van der Waals surface area contributed by atoms with Crippen LogP contribution < -0.4 is 5.32 Å². The van der Waals surface area contributed by atoms with Crippen molar-refractivity contribution in [3.63, 3.8) is 0 Å². The van der Waals surface area contributed by atoms with E-state index in [1.54, 1.807) is 0 Å². The first-order valence-corrected chi connectivity index (χ1v) is 7.73. The highest BCUT2D eigenvalue weighted by Crippen LogP contribution is 2.26. The van der Waals surface area contributed by atoms with Crippen LogP contribution in [0, 0.1) is 6.92 Å². The van der Waals surface area contributed by atoms with Gasteiger partial charge in [-0.25, -0.2) is 0 Å². The first-order chi connectivity index (χ1) is 8.28. The molecule has 2 nitrogen and oxygen atoms in total. The molecule has 1 heterocycles. The van der Waals surface area contributed by atoms with E-state index in [0.29, 0.717) is 6.04 Å². The first kappa shape index (κ1) is 12.9. The molecule has 0 unspecified atom stereocenters. The topological polar surface area (TPSA) is 24.9 Å². The Morgan fingerprint density at radius 2 is 2.06 bits per heavy atom. The molecular formula is C14H22N2S. The third-order valence-corrected chi connectivity index (χ3v) is 4.67. The fourth-order valence-corrected chi connectivity index (χ4v) is 3.22. The summed E-state index contributed by atoms with van der Waals surface area (Å²) in [7, 11) is 0. The molecule has 0 saturated heterocycles. The maximum Gasteiger partial charge on any atom is 0.0313 e. The van der Waals surface area contributed by atoms with Crippen molar-refractivity contribution in [1.82, 2.24) is 10.3 Å². The lowest BCUT2D eigenvalue weighted by Crippen LogP contribution is -2.33. The van der Waals surface area contributed by atoms with Crippen molar-refractivity contribution in [1.29, 1.82) is 0 Å². The van der Waals surface area contributed by atoms with Gasteiger partial charge in [-0.3, -0.25) is 4.98 Å². The number of nitrogens with one attached hydrogen (secondary N) is 1. The summed E-state index contributed by atoms with van der Waals surface area (Å²) in [5.41, 5.74) is 2.55. The van der Waals surface area contributed by atoms with Crippen molar-refractivity contribution in [2.75, 3.05) is 6.26 Å². The van der Waals surface area contributed by atoms with Gasteiger partial charge < -0.3 is 5.32 Å². The standard InChI is InChI=1S/C14H22N2S/c1-11-7-12(9-15-8-11)10-16-13-3-5-14(17-2)6-4-13/h7-9,13-14,16H,3-6,10H2,1-2H3. The van der Waals surface area contributed by atoms with E-state index in [-0.39, 0.29) is 0 Å². The average molecular weight is 250 g/mol. The molecule has 1 saturated carbocycles. The molecule has 1 aliphatic carbocycles. The Hall–Kier alpha value is -0.540. The van der Waals surface area contributed by atoms with E-state index < -0.39 is 0 Å². The van der Waals surface area contributed by atoms with Gasteiger partial charge in [-0.1, -0.05) is 6.07 Å². The first-order valence-electron chi connectivity index (χ1n) is 6.44. The summed E-state index contributed by atoms with van der Waals surface area (Å²) in [4.78, 5) is 4.23. The zero-order valence-electron chi connectivity index (χ0n) is 10.8. The lowest BCUT2D eigenvalue weighted by Gasteiger charge is -2.28. The fraction of sp³-hybridized carbons (Fsp3) is 0.643. The molecule has 1 fully saturated rings. The van der Waals surface area contributed by atoms with Crippen molar-refractivity contribution in [2.45, 2.75) is 50.4 Å². The summed E-state index contributed by atoms with van der Waals surface area (Å²) in [6.07, 6.45) is 11.5. The van der Waals surface area contributed by atoms with Gasteiger partial charge >= 0.3 is 0 Å². The van der Waals surface area contributed by atoms with Crippen molar-refractivity contribution in [3.8, 4) is 0 Å². The number of aryl methyl sites for hydroxylation is 1. The number of thioether (sulfide) groups is 1. The van der Waals surface area contributed by atoms with Gasteiger partial charge in [0.05, 0.1) is 0 Å². The van der Waals surface area contributed by atoms with E-state index in [9.17, 15) is 0 Å². The van der Waals surface area contributed by atoms with Gasteiger partial charge in [0.25, 0.3) is 0 Å². The smallest absolute Gasteiger partial charge is 0.0313 e. The summed E-state index contributed by atoms with van der Waals surface area (Å²) in [6.45, 7) is 3.06. The minimum atomic E-state index is 0.707. The molecule has 17 heavy (non-hydrogen) atoms.